The summed E-state index contributed by atoms with van der Waals surface area (Å²) in [5, 5.41) is 0. The van der Waals surface area contributed by atoms with Crippen molar-refractivity contribution in [3.63, 3.8) is 0 Å². The Kier molecular flexibility index (Phi) is 28.6. The van der Waals surface area contributed by atoms with Gasteiger partial charge in [0.2, 0.25) is 0 Å². The minimum absolute atomic E-state index is 0. The van der Waals surface area contributed by atoms with Gasteiger partial charge in [0.15, 0.2) is 0 Å². The van der Waals surface area contributed by atoms with Gasteiger partial charge in [-0.05, 0) is 29.3 Å². The van der Waals surface area contributed by atoms with Gasteiger partial charge in [0.25, 0.3) is 0 Å². The first-order valence-electron chi connectivity index (χ1n) is 2.74. The van der Waals surface area contributed by atoms with E-state index in [0.29, 0.717) is 6.42 Å². The summed E-state index contributed by atoms with van der Waals surface area (Å²) in [6.07, 6.45) is 0.579. The van der Waals surface area contributed by atoms with Gasteiger partial charge in [0, 0.05) is 31.6 Å². The van der Waals surface area contributed by atoms with Crippen molar-refractivity contribution < 1.29 is 30.6 Å². The van der Waals surface area contributed by atoms with Crippen LogP contribution in [-0.4, -0.2) is 5.78 Å². The molecule has 0 aliphatic rings. The fraction of sp³-hybridized carbons (Fsp3) is 0.500. The molecule has 0 atom stereocenters. The Bertz CT molecular complexity index is 70.8. The summed E-state index contributed by atoms with van der Waals surface area (Å²) in [5.74, 6) is 0.134. The molecule has 0 spiro atoms. The van der Waals surface area contributed by atoms with Gasteiger partial charge in [0.05, 0.1) is 0 Å². The zero-order valence-electron chi connectivity index (χ0n) is 6.36. The van der Waals surface area contributed by atoms with Crippen molar-refractivity contribution >= 4 is 28.6 Å². The Morgan fingerprint density at radius 1 is 1.70 bits per heavy atom. The summed E-state index contributed by atoms with van der Waals surface area (Å²) in [4.78, 5) is 10.3. The predicted octanol–water partition coefficient (Wildman–Crippen LogP) is 1.90. The second-order valence-corrected chi connectivity index (χ2v) is 1.70. The molecule has 10 heavy (non-hydrogen) atoms. The number of hydrogen-bond donors (Lipinski definition) is 1. The van der Waals surface area contributed by atoms with Crippen LogP contribution < -0.4 is 3.53 Å². The number of rotatable bonds is 3. The topological polar surface area (TPSA) is 29.1 Å². The summed E-state index contributed by atoms with van der Waals surface area (Å²) in [7, 11) is 0. The minimum Gasteiger partial charge on any atom is -0.390 e. The SMILES string of the molecule is CCC(=O)[CH-]NI.[CH2-]C.[Sc]. The van der Waals surface area contributed by atoms with Crippen LogP contribution in [0.5, 0.6) is 0 Å². The molecule has 0 aromatic rings. The van der Waals surface area contributed by atoms with Gasteiger partial charge in [0.1, 0.15) is 0 Å². The Morgan fingerprint density at radius 2 is 2.10 bits per heavy atom. The third kappa shape index (κ3) is 16.0. The fourth-order valence-electron chi connectivity index (χ4n) is 0.163. The molecule has 0 unspecified atom stereocenters. The number of nitrogens with one attached hydrogen (secondary N) is 1. The van der Waals surface area contributed by atoms with Crippen LogP contribution >= 0.6 is 22.9 Å². The second-order valence-electron chi connectivity index (χ2n) is 1.07. The molecule has 2 nitrogen and oxygen atoms in total. The van der Waals surface area contributed by atoms with Gasteiger partial charge < -0.3 is 15.2 Å². The Hall–Kier alpha value is 1.10. The van der Waals surface area contributed by atoms with Crippen molar-refractivity contribution in [3.05, 3.63) is 13.5 Å². The second kappa shape index (κ2) is 16.6. The molecule has 4 heteroatoms. The van der Waals surface area contributed by atoms with E-state index in [1.807, 2.05) is 29.8 Å². The molecule has 0 bridgehead atoms. The molecule has 1 N–H and O–H groups in total. The zero-order chi connectivity index (χ0) is 7.70. The van der Waals surface area contributed by atoms with Crippen molar-refractivity contribution in [2.24, 2.45) is 0 Å². The third-order valence-electron chi connectivity index (χ3n) is 0.564. The molecular weight excluding hydrogens is 274 g/mol. The normalized spacial score (nSPS) is 6.40. The Morgan fingerprint density at radius 3 is 2.20 bits per heavy atom. The maximum absolute atomic E-state index is 10.3. The molecule has 0 amide bonds. The van der Waals surface area contributed by atoms with E-state index < -0.39 is 0 Å². The van der Waals surface area contributed by atoms with E-state index >= 15 is 0 Å². The van der Waals surface area contributed by atoms with E-state index in [1.165, 1.54) is 6.54 Å². The van der Waals surface area contributed by atoms with Crippen LogP contribution in [0, 0.1) is 13.5 Å². The van der Waals surface area contributed by atoms with Gasteiger partial charge in [-0.15, -0.1) is 0 Å². The molecule has 59 valence electrons. The van der Waals surface area contributed by atoms with E-state index in [0.717, 1.165) is 0 Å². The van der Waals surface area contributed by atoms with Crippen molar-refractivity contribution in [2.75, 3.05) is 0 Å². The standard InChI is InChI=1S/C4H7INO.C2H5.Sc/c1-2-4(7)3-6-5;1-2;/h3,6H,2H2,1H3;1H2,2H3;/q2*-1;. The summed E-state index contributed by atoms with van der Waals surface area (Å²) in [6, 6.07) is 0. The van der Waals surface area contributed by atoms with E-state index in [9.17, 15) is 4.79 Å². The van der Waals surface area contributed by atoms with Crippen LogP contribution in [0.4, 0.5) is 0 Å². The van der Waals surface area contributed by atoms with E-state index in [1.54, 1.807) is 6.92 Å². The summed E-state index contributed by atoms with van der Waals surface area (Å²) < 4.78 is 2.61. The van der Waals surface area contributed by atoms with Gasteiger partial charge >= 0.3 is 0 Å². The molecule has 1 radical (unpaired) electrons. The number of halogens is 1. The number of Topliss-reactive ketones (excluding diaryl/α,β-unsaturated/α-hetero) is 1. The van der Waals surface area contributed by atoms with E-state index in [2.05, 4.69) is 10.5 Å². The van der Waals surface area contributed by atoms with E-state index in [-0.39, 0.29) is 31.6 Å². The average molecular weight is 286 g/mol. The van der Waals surface area contributed by atoms with Gasteiger partial charge in [-0.1, -0.05) is 6.92 Å². The maximum atomic E-state index is 10.3. The zero-order valence-corrected chi connectivity index (χ0v) is 10.3. The summed E-state index contributed by atoms with van der Waals surface area (Å²) in [6.45, 7) is 8.27. The van der Waals surface area contributed by atoms with Crippen LogP contribution in [-0.2, 0) is 30.6 Å². The summed E-state index contributed by atoms with van der Waals surface area (Å²) in [5.41, 5.74) is 0. The van der Waals surface area contributed by atoms with Crippen molar-refractivity contribution in [3.8, 4) is 0 Å². The molecule has 0 aromatic carbocycles. The molecular formula is C6H12INOSc-2. The first-order chi connectivity index (χ1) is 4.31. The minimum atomic E-state index is 0. The van der Waals surface area contributed by atoms with Crippen molar-refractivity contribution in [1.29, 1.82) is 0 Å². The molecule has 0 saturated heterocycles. The van der Waals surface area contributed by atoms with Crippen LogP contribution in [0.1, 0.15) is 20.3 Å². The smallest absolute Gasteiger partial charge is 0.0120 e. The largest absolute Gasteiger partial charge is 0.390 e. The Labute approximate surface area is 95.8 Å². The number of hydrogen-bond acceptors (Lipinski definition) is 2. The molecule has 0 saturated carbocycles. The van der Waals surface area contributed by atoms with Crippen LogP contribution in [0.25, 0.3) is 0 Å². The maximum Gasteiger partial charge on any atom is 0.0120 e. The van der Waals surface area contributed by atoms with Crippen LogP contribution in [0.15, 0.2) is 0 Å². The van der Waals surface area contributed by atoms with Crippen molar-refractivity contribution in [1.82, 2.24) is 3.53 Å². The van der Waals surface area contributed by atoms with Gasteiger partial charge in [-0.2, -0.15) is 6.92 Å². The third-order valence-corrected chi connectivity index (χ3v) is 0.875. The number of ketones is 1. The quantitative estimate of drug-likeness (QED) is 0.488. The van der Waals surface area contributed by atoms with Gasteiger partial charge in [-0.25, -0.2) is 0 Å². The molecule has 0 fully saturated rings. The predicted molar refractivity (Wildman–Crippen MR) is 47.8 cm³/mol. The summed E-state index contributed by atoms with van der Waals surface area (Å²) >= 11 is 1.90. The van der Waals surface area contributed by atoms with E-state index in [4.69, 9.17) is 0 Å². The number of carbonyl (C=O) groups excluding carboxylic acids is 1. The average Bonchev–Trinajstić information content (AvgIpc) is 1.93. The molecule has 0 heterocycles. The van der Waals surface area contributed by atoms with Gasteiger partial charge in [-0.3, -0.25) is 6.54 Å². The van der Waals surface area contributed by atoms with Crippen molar-refractivity contribution in [2.45, 2.75) is 20.3 Å². The first kappa shape index (κ1) is 17.3. The molecule has 0 aliphatic heterocycles. The van der Waals surface area contributed by atoms with Crippen LogP contribution in [0.2, 0.25) is 0 Å². The molecule has 0 aromatic heterocycles. The first-order valence-corrected chi connectivity index (χ1v) is 3.82. The Balaban J connectivity index is -0.000000149. The fourth-order valence-corrected chi connectivity index (χ4v) is 0.510. The van der Waals surface area contributed by atoms with Crippen LogP contribution in [0.3, 0.4) is 0 Å². The number of carbonyl (C=O) groups is 1. The monoisotopic (exact) mass is 286 g/mol. The molecule has 0 rings (SSSR count). The molecule has 0 aliphatic carbocycles.